The highest BCUT2D eigenvalue weighted by Crippen LogP contribution is 2.39. The van der Waals surface area contributed by atoms with Crippen LogP contribution in [0.15, 0.2) is 18.2 Å². The van der Waals surface area contributed by atoms with Gasteiger partial charge in [-0.15, -0.1) is 0 Å². The standard InChI is InChI=1S/C17H24N2O3S/c1-12-5-3-6-13(2)14(12)11-23(21,22)19-15-7-8-16(20)18-17(15)9-4-10-17/h3,5-6,15,19H,4,7-11H2,1-2H3,(H,18,20). The first-order valence-electron chi connectivity index (χ1n) is 8.17. The fourth-order valence-corrected chi connectivity index (χ4v) is 5.40. The minimum Gasteiger partial charge on any atom is -0.349 e. The SMILES string of the molecule is Cc1cccc(C)c1CS(=O)(=O)NC1CCC(=O)NC12CCC2. The van der Waals surface area contributed by atoms with Crippen molar-refractivity contribution in [2.75, 3.05) is 0 Å². The van der Waals surface area contributed by atoms with Crippen molar-refractivity contribution in [2.45, 2.75) is 63.3 Å². The maximum Gasteiger partial charge on any atom is 0.220 e. The average Bonchev–Trinajstić information content (AvgIpc) is 2.43. The molecule has 0 radical (unpaired) electrons. The first-order chi connectivity index (χ1) is 10.8. The van der Waals surface area contributed by atoms with Gasteiger partial charge in [-0.2, -0.15) is 0 Å². The molecule has 2 fully saturated rings. The molecule has 3 rings (SSSR count). The molecule has 1 saturated heterocycles. The summed E-state index contributed by atoms with van der Waals surface area (Å²) in [4.78, 5) is 11.7. The Labute approximate surface area is 137 Å². The number of amides is 1. The number of carbonyl (C=O) groups excluding carboxylic acids is 1. The van der Waals surface area contributed by atoms with Gasteiger partial charge < -0.3 is 5.32 Å². The van der Waals surface area contributed by atoms with E-state index in [0.29, 0.717) is 12.8 Å². The summed E-state index contributed by atoms with van der Waals surface area (Å²) in [7, 11) is -3.45. The van der Waals surface area contributed by atoms with Crippen LogP contribution in [0, 0.1) is 13.8 Å². The molecule has 1 atom stereocenters. The third-order valence-electron chi connectivity index (χ3n) is 5.26. The molecule has 6 heteroatoms. The van der Waals surface area contributed by atoms with E-state index >= 15 is 0 Å². The van der Waals surface area contributed by atoms with E-state index in [4.69, 9.17) is 0 Å². The van der Waals surface area contributed by atoms with Crippen molar-refractivity contribution >= 4 is 15.9 Å². The molecule has 1 unspecified atom stereocenters. The van der Waals surface area contributed by atoms with E-state index in [9.17, 15) is 13.2 Å². The Kier molecular flexibility index (Phi) is 4.23. The number of nitrogens with one attached hydrogen (secondary N) is 2. The average molecular weight is 336 g/mol. The number of sulfonamides is 1. The summed E-state index contributed by atoms with van der Waals surface area (Å²) >= 11 is 0. The van der Waals surface area contributed by atoms with Gasteiger partial charge in [0.2, 0.25) is 15.9 Å². The largest absolute Gasteiger partial charge is 0.349 e. The van der Waals surface area contributed by atoms with Crippen LogP contribution >= 0.6 is 0 Å². The van der Waals surface area contributed by atoms with Gasteiger partial charge >= 0.3 is 0 Å². The van der Waals surface area contributed by atoms with E-state index in [1.165, 1.54) is 0 Å². The summed E-state index contributed by atoms with van der Waals surface area (Å²) in [5, 5.41) is 3.02. The molecule has 0 bridgehead atoms. The van der Waals surface area contributed by atoms with Gasteiger partial charge in [0.15, 0.2) is 0 Å². The highest BCUT2D eigenvalue weighted by molar-refractivity contribution is 7.88. The van der Waals surface area contributed by atoms with E-state index < -0.39 is 10.0 Å². The van der Waals surface area contributed by atoms with Gasteiger partial charge in [-0.1, -0.05) is 18.2 Å². The predicted molar refractivity (Wildman–Crippen MR) is 89.4 cm³/mol. The van der Waals surface area contributed by atoms with Crippen LogP contribution in [0.3, 0.4) is 0 Å². The van der Waals surface area contributed by atoms with Gasteiger partial charge in [0, 0.05) is 12.5 Å². The summed E-state index contributed by atoms with van der Waals surface area (Å²) < 4.78 is 28.2. The fourth-order valence-electron chi connectivity index (χ4n) is 3.71. The van der Waals surface area contributed by atoms with Crippen LogP contribution < -0.4 is 10.0 Å². The molecule has 2 aliphatic rings. The number of rotatable bonds is 4. The molecular formula is C17H24N2O3S. The molecular weight excluding hydrogens is 312 g/mol. The van der Waals surface area contributed by atoms with Crippen molar-refractivity contribution in [3.8, 4) is 0 Å². The lowest BCUT2D eigenvalue weighted by Crippen LogP contribution is -2.68. The lowest BCUT2D eigenvalue weighted by atomic mass is 9.68. The Morgan fingerprint density at radius 2 is 1.91 bits per heavy atom. The topological polar surface area (TPSA) is 75.3 Å². The molecule has 1 spiro atoms. The Balaban J connectivity index is 1.77. The minimum atomic E-state index is -3.45. The fraction of sp³-hybridized carbons (Fsp3) is 0.588. The van der Waals surface area contributed by atoms with Gasteiger partial charge in [-0.25, -0.2) is 13.1 Å². The number of aryl methyl sites for hydroxylation is 2. The van der Waals surface area contributed by atoms with Crippen molar-refractivity contribution in [3.63, 3.8) is 0 Å². The maximum atomic E-state index is 12.7. The van der Waals surface area contributed by atoms with Crippen LogP contribution in [-0.2, 0) is 20.6 Å². The van der Waals surface area contributed by atoms with Crippen molar-refractivity contribution < 1.29 is 13.2 Å². The van der Waals surface area contributed by atoms with Crippen molar-refractivity contribution in [2.24, 2.45) is 0 Å². The first-order valence-corrected chi connectivity index (χ1v) is 9.83. The van der Waals surface area contributed by atoms with Crippen LogP contribution in [0.4, 0.5) is 0 Å². The molecule has 1 heterocycles. The second kappa shape index (κ2) is 5.91. The van der Waals surface area contributed by atoms with Gasteiger partial charge in [0.1, 0.15) is 0 Å². The highest BCUT2D eigenvalue weighted by atomic mass is 32.2. The lowest BCUT2D eigenvalue weighted by Gasteiger charge is -2.50. The molecule has 23 heavy (non-hydrogen) atoms. The summed E-state index contributed by atoms with van der Waals surface area (Å²) in [6.07, 6.45) is 3.72. The Morgan fingerprint density at radius 3 is 2.48 bits per heavy atom. The van der Waals surface area contributed by atoms with Crippen LogP contribution in [-0.4, -0.2) is 25.9 Å². The van der Waals surface area contributed by atoms with Gasteiger partial charge in [-0.3, -0.25) is 4.79 Å². The third kappa shape index (κ3) is 3.28. The maximum absolute atomic E-state index is 12.7. The van der Waals surface area contributed by atoms with Crippen molar-refractivity contribution in [3.05, 3.63) is 34.9 Å². The smallest absolute Gasteiger partial charge is 0.220 e. The minimum absolute atomic E-state index is 0.00790. The molecule has 1 aliphatic carbocycles. The number of piperidine rings is 1. The zero-order valence-electron chi connectivity index (χ0n) is 13.7. The van der Waals surface area contributed by atoms with Crippen molar-refractivity contribution in [1.82, 2.24) is 10.0 Å². The number of hydrogen-bond donors (Lipinski definition) is 2. The highest BCUT2D eigenvalue weighted by Gasteiger charge is 2.48. The van der Waals surface area contributed by atoms with E-state index in [-0.39, 0.29) is 23.2 Å². The van der Waals surface area contributed by atoms with Crippen LogP contribution in [0.2, 0.25) is 0 Å². The van der Waals surface area contributed by atoms with Gasteiger partial charge in [0.25, 0.3) is 0 Å². The first kappa shape index (κ1) is 16.5. The van der Waals surface area contributed by atoms with E-state index in [1.54, 1.807) is 0 Å². The monoisotopic (exact) mass is 336 g/mol. The summed E-state index contributed by atoms with van der Waals surface area (Å²) in [5.41, 5.74) is 2.49. The molecule has 1 aliphatic heterocycles. The Hall–Kier alpha value is -1.40. The Morgan fingerprint density at radius 1 is 1.26 bits per heavy atom. The van der Waals surface area contributed by atoms with E-state index in [0.717, 1.165) is 36.0 Å². The quantitative estimate of drug-likeness (QED) is 0.882. The molecule has 1 saturated carbocycles. The summed E-state index contributed by atoms with van der Waals surface area (Å²) in [6, 6.07) is 5.62. The second-order valence-electron chi connectivity index (χ2n) is 6.90. The number of carbonyl (C=O) groups is 1. The molecule has 1 aromatic carbocycles. The molecule has 5 nitrogen and oxygen atoms in total. The van der Waals surface area contributed by atoms with Gasteiger partial charge in [-0.05, 0) is 56.2 Å². The number of hydrogen-bond acceptors (Lipinski definition) is 3. The zero-order chi connectivity index (χ0) is 16.7. The Bertz CT molecular complexity index is 703. The van der Waals surface area contributed by atoms with E-state index in [1.807, 2.05) is 32.0 Å². The molecule has 0 aromatic heterocycles. The van der Waals surface area contributed by atoms with Crippen LogP contribution in [0.5, 0.6) is 0 Å². The molecule has 126 valence electrons. The van der Waals surface area contributed by atoms with Crippen molar-refractivity contribution in [1.29, 1.82) is 0 Å². The summed E-state index contributed by atoms with van der Waals surface area (Å²) in [5.74, 6) is 0.0290. The normalized spacial score (nSPS) is 23.4. The van der Waals surface area contributed by atoms with Crippen LogP contribution in [0.25, 0.3) is 0 Å². The van der Waals surface area contributed by atoms with Gasteiger partial charge in [0.05, 0.1) is 11.3 Å². The zero-order valence-corrected chi connectivity index (χ0v) is 14.5. The lowest BCUT2D eigenvalue weighted by molar-refractivity contribution is -0.127. The van der Waals surface area contributed by atoms with Crippen LogP contribution in [0.1, 0.15) is 48.8 Å². The molecule has 2 N–H and O–H groups in total. The predicted octanol–water partition coefficient (Wildman–Crippen LogP) is 1.92. The number of benzene rings is 1. The van der Waals surface area contributed by atoms with E-state index in [2.05, 4.69) is 10.0 Å². The molecule has 1 aromatic rings. The second-order valence-corrected chi connectivity index (χ2v) is 8.65. The third-order valence-corrected chi connectivity index (χ3v) is 6.57. The summed E-state index contributed by atoms with van der Waals surface area (Å²) in [6.45, 7) is 3.87. The molecule has 1 amide bonds.